The molecule has 128 valence electrons. The van der Waals surface area contributed by atoms with E-state index in [1.165, 1.54) is 5.56 Å². The van der Waals surface area contributed by atoms with Gasteiger partial charge in [-0.2, -0.15) is 0 Å². The second-order valence-electron chi connectivity index (χ2n) is 8.39. The number of carbonyl (C=O) groups excluding carboxylic acids is 1. The lowest BCUT2D eigenvalue weighted by Crippen LogP contribution is -2.41. The second kappa shape index (κ2) is 6.90. The van der Waals surface area contributed by atoms with E-state index >= 15 is 0 Å². The second-order valence-corrected chi connectivity index (χ2v) is 8.39. The fraction of sp³-hybridized carbons (Fsp3) is 0.684. The van der Waals surface area contributed by atoms with Crippen LogP contribution >= 0.6 is 0 Å². The van der Waals surface area contributed by atoms with Gasteiger partial charge in [-0.25, -0.2) is 0 Å². The summed E-state index contributed by atoms with van der Waals surface area (Å²) in [5.41, 5.74) is 2.46. The Morgan fingerprint density at radius 1 is 1.35 bits per heavy atom. The molecule has 1 N–H and O–H groups in total. The Kier molecular flexibility index (Phi) is 5.33. The zero-order valence-electron chi connectivity index (χ0n) is 15.1. The van der Waals surface area contributed by atoms with Crippen molar-refractivity contribution < 1.29 is 4.79 Å². The molecule has 0 aliphatic heterocycles. The van der Waals surface area contributed by atoms with Gasteiger partial charge < -0.3 is 9.88 Å². The third-order valence-corrected chi connectivity index (χ3v) is 4.19. The van der Waals surface area contributed by atoms with Crippen LogP contribution in [0.5, 0.6) is 0 Å². The first kappa shape index (κ1) is 17.8. The molecule has 0 spiro atoms. The number of carbonyl (C=O) groups is 1. The van der Waals surface area contributed by atoms with Crippen LogP contribution in [0.25, 0.3) is 0 Å². The number of pyridine rings is 1. The number of nitrogens with one attached hydrogen (secondary N) is 1. The van der Waals surface area contributed by atoms with Crippen molar-refractivity contribution in [2.24, 2.45) is 11.3 Å². The van der Waals surface area contributed by atoms with Gasteiger partial charge >= 0.3 is 0 Å². The molecule has 2 rings (SSSR count). The summed E-state index contributed by atoms with van der Waals surface area (Å²) in [5.74, 6) is 0.574. The molecular formula is C19H30N2O2. The fourth-order valence-electron chi connectivity index (χ4n) is 3.27. The number of nitrogens with zero attached hydrogens (tertiary/aromatic N) is 1. The molecule has 0 aromatic carbocycles. The van der Waals surface area contributed by atoms with E-state index in [1.807, 2.05) is 10.6 Å². The standard InChI is InChI=1S/C19H30N2O2/c1-13(2)12-21-16-8-7-15(10-14(16)6-9-18(21)23)20-17(22)11-19(3,4)5/h6,9,13,15H,7-8,10-12H2,1-5H3,(H,20,22). The van der Waals surface area contributed by atoms with Crippen molar-refractivity contribution in [2.45, 2.75) is 72.9 Å². The predicted molar refractivity (Wildman–Crippen MR) is 93.6 cm³/mol. The topological polar surface area (TPSA) is 51.1 Å². The van der Waals surface area contributed by atoms with Crippen molar-refractivity contribution in [2.75, 3.05) is 0 Å². The van der Waals surface area contributed by atoms with E-state index in [9.17, 15) is 9.59 Å². The number of aromatic nitrogens is 1. The Morgan fingerprint density at radius 3 is 2.65 bits per heavy atom. The zero-order valence-corrected chi connectivity index (χ0v) is 15.1. The van der Waals surface area contributed by atoms with Gasteiger partial charge in [0, 0.05) is 30.8 Å². The van der Waals surface area contributed by atoms with Crippen molar-refractivity contribution in [1.82, 2.24) is 9.88 Å². The third kappa shape index (κ3) is 4.95. The highest BCUT2D eigenvalue weighted by molar-refractivity contribution is 5.77. The maximum atomic E-state index is 12.1. The van der Waals surface area contributed by atoms with Gasteiger partial charge in [-0.1, -0.05) is 40.7 Å². The molecule has 4 nitrogen and oxygen atoms in total. The van der Waals surface area contributed by atoms with Gasteiger partial charge in [0.1, 0.15) is 0 Å². The van der Waals surface area contributed by atoms with E-state index in [1.54, 1.807) is 6.07 Å². The number of fused-ring (bicyclic) bond motifs is 1. The summed E-state index contributed by atoms with van der Waals surface area (Å²) < 4.78 is 1.92. The lowest BCUT2D eigenvalue weighted by molar-refractivity contribution is -0.123. The largest absolute Gasteiger partial charge is 0.353 e. The maximum absolute atomic E-state index is 12.1. The Labute approximate surface area is 139 Å². The van der Waals surface area contributed by atoms with Crippen LogP contribution in [0.1, 0.15) is 58.7 Å². The van der Waals surface area contributed by atoms with Crippen molar-refractivity contribution >= 4 is 5.91 Å². The molecule has 1 aromatic rings. The van der Waals surface area contributed by atoms with Crippen LogP contribution < -0.4 is 10.9 Å². The van der Waals surface area contributed by atoms with E-state index < -0.39 is 0 Å². The van der Waals surface area contributed by atoms with Crippen LogP contribution in [0.15, 0.2) is 16.9 Å². The van der Waals surface area contributed by atoms with Crippen LogP contribution in [0, 0.1) is 11.3 Å². The normalized spacial score (nSPS) is 17.9. The minimum atomic E-state index is 0.00834. The van der Waals surface area contributed by atoms with Gasteiger partial charge in [0.2, 0.25) is 5.91 Å². The molecule has 1 unspecified atom stereocenters. The highest BCUT2D eigenvalue weighted by Crippen LogP contribution is 2.22. The van der Waals surface area contributed by atoms with Gasteiger partial charge in [-0.05, 0) is 36.2 Å². The van der Waals surface area contributed by atoms with E-state index in [4.69, 9.17) is 0 Å². The minimum Gasteiger partial charge on any atom is -0.353 e. The number of rotatable bonds is 4. The van der Waals surface area contributed by atoms with Gasteiger partial charge in [0.15, 0.2) is 0 Å². The van der Waals surface area contributed by atoms with Crippen molar-refractivity contribution in [3.8, 4) is 0 Å². The van der Waals surface area contributed by atoms with E-state index in [0.29, 0.717) is 12.3 Å². The quantitative estimate of drug-likeness (QED) is 0.928. The monoisotopic (exact) mass is 318 g/mol. The number of amides is 1. The molecule has 1 aliphatic carbocycles. The van der Waals surface area contributed by atoms with Crippen molar-refractivity contribution in [3.05, 3.63) is 33.7 Å². The molecule has 0 fully saturated rings. The number of hydrogen-bond donors (Lipinski definition) is 1. The van der Waals surface area contributed by atoms with E-state index in [-0.39, 0.29) is 22.9 Å². The minimum absolute atomic E-state index is 0.00834. The lowest BCUT2D eigenvalue weighted by Gasteiger charge is -2.29. The average Bonchev–Trinajstić information content (AvgIpc) is 2.39. The van der Waals surface area contributed by atoms with Gasteiger partial charge in [0.25, 0.3) is 5.56 Å². The van der Waals surface area contributed by atoms with Gasteiger partial charge in [-0.15, -0.1) is 0 Å². The number of hydrogen-bond acceptors (Lipinski definition) is 2. The van der Waals surface area contributed by atoms with Crippen LogP contribution in [-0.4, -0.2) is 16.5 Å². The summed E-state index contributed by atoms with van der Waals surface area (Å²) in [6.07, 6.45) is 3.13. The molecule has 0 saturated heterocycles. The highest BCUT2D eigenvalue weighted by Gasteiger charge is 2.24. The Hall–Kier alpha value is -1.58. The third-order valence-electron chi connectivity index (χ3n) is 4.19. The van der Waals surface area contributed by atoms with Gasteiger partial charge in [0.05, 0.1) is 0 Å². The molecule has 1 amide bonds. The van der Waals surface area contributed by atoms with Crippen LogP contribution in [0.2, 0.25) is 0 Å². The lowest BCUT2D eigenvalue weighted by atomic mass is 9.89. The predicted octanol–water partition coefficient (Wildman–Crippen LogP) is 2.91. The molecule has 0 saturated carbocycles. The van der Waals surface area contributed by atoms with Crippen LogP contribution in [-0.2, 0) is 24.2 Å². The zero-order chi connectivity index (χ0) is 17.2. The van der Waals surface area contributed by atoms with Crippen molar-refractivity contribution in [1.29, 1.82) is 0 Å². The summed E-state index contributed by atoms with van der Waals surface area (Å²) in [7, 11) is 0. The van der Waals surface area contributed by atoms with Crippen molar-refractivity contribution in [3.63, 3.8) is 0 Å². The average molecular weight is 318 g/mol. The molecule has 0 radical (unpaired) electrons. The molecular weight excluding hydrogens is 288 g/mol. The SMILES string of the molecule is CC(C)Cn1c2c(ccc1=O)CC(NC(=O)CC(C)(C)C)CC2. The first-order valence-corrected chi connectivity index (χ1v) is 8.66. The first-order chi connectivity index (χ1) is 10.7. The Balaban J connectivity index is 2.10. The Morgan fingerprint density at radius 2 is 2.04 bits per heavy atom. The molecule has 1 aromatic heterocycles. The summed E-state index contributed by atoms with van der Waals surface area (Å²) in [6, 6.07) is 3.79. The first-order valence-electron chi connectivity index (χ1n) is 8.66. The van der Waals surface area contributed by atoms with Gasteiger partial charge in [-0.3, -0.25) is 9.59 Å². The van der Waals surface area contributed by atoms with E-state index in [2.05, 4.69) is 39.9 Å². The molecule has 4 heteroatoms. The molecule has 0 bridgehead atoms. The summed E-state index contributed by atoms with van der Waals surface area (Å²) in [4.78, 5) is 24.3. The Bertz CT molecular complexity index is 623. The van der Waals surface area contributed by atoms with Crippen LogP contribution in [0.3, 0.4) is 0 Å². The maximum Gasteiger partial charge on any atom is 0.250 e. The molecule has 23 heavy (non-hydrogen) atoms. The smallest absolute Gasteiger partial charge is 0.250 e. The van der Waals surface area contributed by atoms with Crippen LogP contribution in [0.4, 0.5) is 0 Å². The fourth-order valence-corrected chi connectivity index (χ4v) is 3.27. The van der Waals surface area contributed by atoms with E-state index in [0.717, 1.165) is 31.5 Å². The summed E-state index contributed by atoms with van der Waals surface area (Å²) >= 11 is 0. The molecule has 1 heterocycles. The summed E-state index contributed by atoms with van der Waals surface area (Å²) in [6.45, 7) is 11.3. The molecule has 1 aliphatic rings. The summed E-state index contributed by atoms with van der Waals surface area (Å²) in [5, 5.41) is 3.16. The molecule has 1 atom stereocenters. The highest BCUT2D eigenvalue weighted by atomic mass is 16.1.